The second kappa shape index (κ2) is 19.3. The fourth-order valence-electron chi connectivity index (χ4n) is 1.01. The molecule has 1 unspecified atom stereocenters. The molecule has 0 aromatic carbocycles. The zero-order valence-corrected chi connectivity index (χ0v) is 9.78. The predicted molar refractivity (Wildman–Crippen MR) is 79.6 cm³/mol. The van der Waals surface area contributed by atoms with Crippen molar-refractivity contribution in [1.29, 1.82) is 0 Å². The molecule has 0 spiro atoms. The molecule has 0 aliphatic heterocycles. The van der Waals surface area contributed by atoms with E-state index < -0.39 is 0 Å². The van der Waals surface area contributed by atoms with E-state index in [1.165, 1.54) is 18.4 Å². The van der Waals surface area contributed by atoms with E-state index in [1.54, 1.807) is 0 Å². The van der Waals surface area contributed by atoms with Crippen LogP contribution >= 0.6 is 0 Å². The Balaban J connectivity index is -0.0000000626. The molecule has 0 heterocycles. The van der Waals surface area contributed by atoms with Crippen LogP contribution in [0.15, 0.2) is 12.2 Å². The molecule has 0 aliphatic carbocycles. The molecule has 0 aromatic heterocycles. The van der Waals surface area contributed by atoms with Crippen LogP contribution in [-0.4, -0.2) is 0 Å². The van der Waals surface area contributed by atoms with Crippen molar-refractivity contribution < 1.29 is 0 Å². The molecule has 0 amide bonds. The lowest BCUT2D eigenvalue weighted by Crippen LogP contribution is -1.99. The van der Waals surface area contributed by atoms with Gasteiger partial charge in [0.05, 0.1) is 0 Å². The third kappa shape index (κ3) is 20.0. The fraction of sp³-hybridized carbons (Fsp3) is 0.867. The zero-order chi connectivity index (χ0) is 10.1. The second-order valence-electron chi connectivity index (χ2n) is 3.57. The maximum Gasteiger partial charge on any atom is -0.0237 e. The van der Waals surface area contributed by atoms with E-state index in [4.69, 9.17) is 0 Å². The Morgan fingerprint density at radius 3 is 1.53 bits per heavy atom. The van der Waals surface area contributed by atoms with E-state index >= 15 is 0 Å². The number of hydrogen-bond acceptors (Lipinski definition) is 0. The minimum atomic E-state index is 0. The van der Waals surface area contributed by atoms with Gasteiger partial charge in [-0.05, 0) is 24.7 Å². The van der Waals surface area contributed by atoms with Gasteiger partial charge in [-0.25, -0.2) is 0 Å². The van der Waals surface area contributed by atoms with Crippen LogP contribution in [0.1, 0.15) is 76.7 Å². The molecule has 0 bridgehead atoms. The predicted octanol–water partition coefficient (Wildman–Crippen LogP) is 6.57. The molecular weight excluding hydrogens is 180 g/mol. The maximum atomic E-state index is 4.07. The lowest BCUT2D eigenvalue weighted by Gasteiger charge is -2.13. The van der Waals surface area contributed by atoms with Crippen molar-refractivity contribution in [1.82, 2.24) is 0 Å². The zero-order valence-electron chi connectivity index (χ0n) is 9.78. The Hall–Kier alpha value is -0.260. The Kier molecular flexibility index (Phi) is 37.8. The molecule has 0 heteroatoms. The summed E-state index contributed by atoms with van der Waals surface area (Å²) in [6.07, 6.45) is 2.42. The molecular formula is C15H38. The SMILES string of the molecule is C.C.C.C=C(CC(C)C)C(C)CC.CC. The number of allylic oxidation sites excluding steroid dienone is 1. The quantitative estimate of drug-likeness (QED) is 0.468. The first-order valence-corrected chi connectivity index (χ1v) is 5.25. The van der Waals surface area contributed by atoms with Crippen molar-refractivity contribution in [3.05, 3.63) is 12.2 Å². The topological polar surface area (TPSA) is 0 Å². The van der Waals surface area contributed by atoms with Gasteiger partial charge in [0, 0.05) is 0 Å². The first-order valence-electron chi connectivity index (χ1n) is 5.25. The van der Waals surface area contributed by atoms with E-state index in [0.717, 1.165) is 5.92 Å². The van der Waals surface area contributed by atoms with Crippen molar-refractivity contribution in [3.63, 3.8) is 0 Å². The third-order valence-electron chi connectivity index (χ3n) is 1.98. The Morgan fingerprint density at radius 1 is 1.00 bits per heavy atom. The van der Waals surface area contributed by atoms with Gasteiger partial charge in [0.2, 0.25) is 0 Å². The summed E-state index contributed by atoms with van der Waals surface area (Å²) in [6.45, 7) is 17.0. The summed E-state index contributed by atoms with van der Waals surface area (Å²) in [5, 5.41) is 0. The molecule has 98 valence electrons. The summed E-state index contributed by atoms with van der Waals surface area (Å²) in [6, 6.07) is 0. The smallest absolute Gasteiger partial charge is 0.0237 e. The molecule has 0 nitrogen and oxygen atoms in total. The molecule has 0 fully saturated rings. The van der Waals surface area contributed by atoms with Crippen molar-refractivity contribution in [2.75, 3.05) is 0 Å². The van der Waals surface area contributed by atoms with E-state index in [0.29, 0.717) is 5.92 Å². The van der Waals surface area contributed by atoms with E-state index in [2.05, 4.69) is 34.3 Å². The lowest BCUT2D eigenvalue weighted by atomic mass is 9.93. The van der Waals surface area contributed by atoms with Crippen LogP contribution in [0, 0.1) is 11.8 Å². The first kappa shape index (κ1) is 29.3. The van der Waals surface area contributed by atoms with Gasteiger partial charge in [0.25, 0.3) is 0 Å². The summed E-state index contributed by atoms with van der Waals surface area (Å²) in [5.41, 5.74) is 1.41. The molecule has 0 rings (SSSR count). The highest BCUT2D eigenvalue weighted by Gasteiger charge is 2.04. The van der Waals surface area contributed by atoms with Crippen LogP contribution in [0.2, 0.25) is 0 Å². The summed E-state index contributed by atoms with van der Waals surface area (Å²) < 4.78 is 0. The van der Waals surface area contributed by atoms with Crippen LogP contribution < -0.4 is 0 Å². The Labute approximate surface area is 101 Å². The molecule has 0 saturated carbocycles. The van der Waals surface area contributed by atoms with E-state index in [9.17, 15) is 0 Å². The first-order chi connectivity index (χ1) is 5.57. The summed E-state index contributed by atoms with van der Waals surface area (Å²) in [5.74, 6) is 1.48. The van der Waals surface area contributed by atoms with Gasteiger partial charge in [-0.3, -0.25) is 0 Å². The van der Waals surface area contributed by atoms with Crippen molar-refractivity contribution >= 4 is 0 Å². The molecule has 0 N–H and O–H groups in total. The standard InChI is InChI=1S/C10H20.C2H6.3CH4/c1-6-9(4)10(5)7-8(2)3;1-2;;;/h8-9H,5-7H2,1-4H3;1-2H3;3*1H4. The van der Waals surface area contributed by atoms with E-state index in [1.807, 2.05) is 13.8 Å². The fourth-order valence-corrected chi connectivity index (χ4v) is 1.01. The number of rotatable bonds is 4. The average Bonchev–Trinajstić information content (AvgIpc) is 2.05. The van der Waals surface area contributed by atoms with Gasteiger partial charge in [-0.15, -0.1) is 0 Å². The van der Waals surface area contributed by atoms with Gasteiger partial charge in [0.1, 0.15) is 0 Å². The van der Waals surface area contributed by atoms with Gasteiger partial charge >= 0.3 is 0 Å². The number of hydrogen-bond donors (Lipinski definition) is 0. The molecule has 0 aliphatic rings. The maximum absolute atomic E-state index is 4.07. The molecule has 0 aromatic rings. The largest absolute Gasteiger partial charge is 0.0996 e. The van der Waals surface area contributed by atoms with Gasteiger partial charge in [-0.2, -0.15) is 0 Å². The molecule has 1 atom stereocenters. The monoisotopic (exact) mass is 218 g/mol. The second-order valence-corrected chi connectivity index (χ2v) is 3.57. The van der Waals surface area contributed by atoms with Gasteiger partial charge in [-0.1, -0.05) is 76.0 Å². The van der Waals surface area contributed by atoms with Crippen LogP contribution in [-0.2, 0) is 0 Å². The summed E-state index contributed by atoms with van der Waals surface area (Å²) in [7, 11) is 0. The normalized spacial score (nSPS) is 9.53. The Bertz CT molecular complexity index is 101. The van der Waals surface area contributed by atoms with Crippen LogP contribution in [0.25, 0.3) is 0 Å². The average molecular weight is 218 g/mol. The van der Waals surface area contributed by atoms with E-state index in [-0.39, 0.29) is 22.3 Å². The minimum Gasteiger partial charge on any atom is -0.0996 e. The van der Waals surface area contributed by atoms with Crippen molar-refractivity contribution in [3.8, 4) is 0 Å². The molecule has 0 saturated heterocycles. The van der Waals surface area contributed by atoms with Crippen LogP contribution in [0.3, 0.4) is 0 Å². The molecule has 15 heavy (non-hydrogen) atoms. The van der Waals surface area contributed by atoms with Crippen molar-refractivity contribution in [2.45, 2.75) is 76.7 Å². The highest BCUT2D eigenvalue weighted by molar-refractivity contribution is 4.98. The lowest BCUT2D eigenvalue weighted by molar-refractivity contribution is 0.556. The van der Waals surface area contributed by atoms with Crippen LogP contribution in [0.5, 0.6) is 0 Å². The minimum absolute atomic E-state index is 0. The van der Waals surface area contributed by atoms with Gasteiger partial charge in [0.15, 0.2) is 0 Å². The van der Waals surface area contributed by atoms with Crippen molar-refractivity contribution in [2.24, 2.45) is 11.8 Å². The highest BCUT2D eigenvalue weighted by Crippen LogP contribution is 2.19. The van der Waals surface area contributed by atoms with Crippen LogP contribution in [0.4, 0.5) is 0 Å². The van der Waals surface area contributed by atoms with Gasteiger partial charge < -0.3 is 0 Å². The summed E-state index contributed by atoms with van der Waals surface area (Å²) >= 11 is 0. The summed E-state index contributed by atoms with van der Waals surface area (Å²) in [4.78, 5) is 0. The third-order valence-corrected chi connectivity index (χ3v) is 1.98. The highest BCUT2D eigenvalue weighted by atomic mass is 14.1. The Morgan fingerprint density at radius 2 is 1.33 bits per heavy atom. The molecule has 0 radical (unpaired) electrons.